The summed E-state index contributed by atoms with van der Waals surface area (Å²) in [4.78, 5) is 12.0. The van der Waals surface area contributed by atoms with E-state index in [0.717, 1.165) is 30.1 Å². The highest BCUT2D eigenvalue weighted by Gasteiger charge is 2.06. The van der Waals surface area contributed by atoms with E-state index in [1.807, 2.05) is 19.1 Å². The minimum Gasteiger partial charge on any atom is -0.352 e. The number of hydrogen-bond acceptors (Lipinski definition) is 3. The molecule has 1 aromatic rings. The molecule has 0 bridgehead atoms. The fourth-order valence-corrected chi connectivity index (χ4v) is 2.30. The number of amides is 1. The first kappa shape index (κ1) is 17.5. The molecule has 1 amide bonds. The number of nitrogen functional groups attached to an aromatic ring is 1. The Balaban J connectivity index is 2.23. The van der Waals surface area contributed by atoms with E-state index in [2.05, 4.69) is 24.6 Å². The summed E-state index contributed by atoms with van der Waals surface area (Å²) in [6.45, 7) is 7.19. The van der Waals surface area contributed by atoms with Gasteiger partial charge in [0.05, 0.1) is 5.69 Å². The van der Waals surface area contributed by atoms with Crippen molar-refractivity contribution < 1.29 is 4.79 Å². The molecule has 0 aliphatic carbocycles. The smallest absolute Gasteiger partial charge is 0.251 e. The summed E-state index contributed by atoms with van der Waals surface area (Å²) in [7, 11) is 0. The van der Waals surface area contributed by atoms with Crippen molar-refractivity contribution in [3.05, 3.63) is 29.3 Å². The molecule has 0 aromatic heterocycles. The van der Waals surface area contributed by atoms with E-state index in [9.17, 15) is 4.79 Å². The van der Waals surface area contributed by atoms with Crippen molar-refractivity contribution in [3.63, 3.8) is 0 Å². The highest BCUT2D eigenvalue weighted by molar-refractivity contribution is 5.94. The molecule has 0 radical (unpaired) electrons. The molecule has 4 heteroatoms. The molecule has 118 valence electrons. The number of benzene rings is 1. The Morgan fingerprint density at radius 2 is 1.90 bits per heavy atom. The molecule has 1 aromatic carbocycles. The number of aryl methyl sites for hydroxylation is 1. The lowest BCUT2D eigenvalue weighted by Gasteiger charge is -2.09. The van der Waals surface area contributed by atoms with E-state index in [1.54, 1.807) is 6.07 Å². The maximum atomic E-state index is 12.0. The van der Waals surface area contributed by atoms with Crippen molar-refractivity contribution in [2.24, 2.45) is 11.8 Å². The number of hydrazine groups is 1. The van der Waals surface area contributed by atoms with Crippen LogP contribution in [0.4, 0.5) is 5.69 Å². The predicted molar refractivity (Wildman–Crippen MR) is 89.2 cm³/mol. The Kier molecular flexibility index (Phi) is 7.83. The zero-order chi connectivity index (χ0) is 15.7. The number of hydrogen-bond donors (Lipinski definition) is 3. The Hall–Kier alpha value is -1.55. The van der Waals surface area contributed by atoms with Gasteiger partial charge in [-0.15, -0.1) is 0 Å². The first-order valence-corrected chi connectivity index (χ1v) is 7.90. The molecular formula is C17H29N3O. The van der Waals surface area contributed by atoms with Gasteiger partial charge in [-0.2, -0.15) is 0 Å². The molecule has 0 atom stereocenters. The summed E-state index contributed by atoms with van der Waals surface area (Å²) in [6, 6.07) is 5.48. The fraction of sp³-hybridized carbons (Fsp3) is 0.588. The van der Waals surface area contributed by atoms with Gasteiger partial charge in [-0.3, -0.25) is 10.6 Å². The molecule has 4 nitrogen and oxygen atoms in total. The summed E-state index contributed by atoms with van der Waals surface area (Å²) < 4.78 is 0. The van der Waals surface area contributed by atoms with E-state index >= 15 is 0 Å². The number of nitrogens with one attached hydrogen (secondary N) is 2. The summed E-state index contributed by atoms with van der Waals surface area (Å²) >= 11 is 0. The second-order valence-electron chi connectivity index (χ2n) is 6.03. The highest BCUT2D eigenvalue weighted by Crippen LogP contribution is 2.15. The summed E-state index contributed by atoms with van der Waals surface area (Å²) in [5, 5.41) is 2.97. The van der Waals surface area contributed by atoms with Crippen LogP contribution in [0.2, 0.25) is 0 Å². The Morgan fingerprint density at radius 3 is 2.52 bits per heavy atom. The van der Waals surface area contributed by atoms with E-state index < -0.39 is 0 Å². The van der Waals surface area contributed by atoms with E-state index in [4.69, 9.17) is 5.84 Å². The van der Waals surface area contributed by atoms with Crippen molar-refractivity contribution in [2.75, 3.05) is 12.0 Å². The first-order valence-electron chi connectivity index (χ1n) is 7.90. The summed E-state index contributed by atoms with van der Waals surface area (Å²) in [5.74, 6) is 6.16. The van der Waals surface area contributed by atoms with Gasteiger partial charge in [0.15, 0.2) is 0 Å². The fourth-order valence-electron chi connectivity index (χ4n) is 2.30. The molecule has 0 heterocycles. The molecule has 0 saturated carbocycles. The summed E-state index contributed by atoms with van der Waals surface area (Å²) in [5.41, 5.74) is 5.11. The van der Waals surface area contributed by atoms with Gasteiger partial charge >= 0.3 is 0 Å². The largest absolute Gasteiger partial charge is 0.352 e. The van der Waals surface area contributed by atoms with Crippen molar-refractivity contribution in [1.82, 2.24) is 5.32 Å². The van der Waals surface area contributed by atoms with Crippen LogP contribution in [-0.4, -0.2) is 12.5 Å². The van der Waals surface area contributed by atoms with Crippen LogP contribution in [0, 0.1) is 12.8 Å². The molecule has 1 rings (SSSR count). The van der Waals surface area contributed by atoms with Crippen molar-refractivity contribution >= 4 is 11.6 Å². The van der Waals surface area contributed by atoms with Gasteiger partial charge in [-0.05, 0) is 43.0 Å². The molecule has 0 fully saturated rings. The third kappa shape index (κ3) is 6.63. The van der Waals surface area contributed by atoms with Gasteiger partial charge in [0.25, 0.3) is 5.91 Å². The second kappa shape index (κ2) is 9.40. The van der Waals surface area contributed by atoms with Gasteiger partial charge in [0.1, 0.15) is 0 Å². The molecule has 0 unspecified atom stereocenters. The number of anilines is 1. The lowest BCUT2D eigenvalue weighted by Crippen LogP contribution is -2.24. The molecule has 0 spiro atoms. The monoisotopic (exact) mass is 291 g/mol. The first-order chi connectivity index (χ1) is 10.0. The zero-order valence-corrected chi connectivity index (χ0v) is 13.5. The topological polar surface area (TPSA) is 67.2 Å². The molecule has 4 N–H and O–H groups in total. The van der Waals surface area contributed by atoms with Crippen LogP contribution in [0.15, 0.2) is 18.2 Å². The van der Waals surface area contributed by atoms with Crippen LogP contribution in [0.5, 0.6) is 0 Å². The number of unbranched alkanes of at least 4 members (excludes halogenated alkanes) is 3. The van der Waals surface area contributed by atoms with Gasteiger partial charge in [-0.1, -0.05) is 39.5 Å². The lowest BCUT2D eigenvalue weighted by atomic mass is 10.0. The highest BCUT2D eigenvalue weighted by atomic mass is 16.1. The van der Waals surface area contributed by atoms with Crippen LogP contribution in [0.3, 0.4) is 0 Å². The van der Waals surface area contributed by atoms with Gasteiger partial charge < -0.3 is 10.7 Å². The number of rotatable bonds is 9. The Labute approximate surface area is 128 Å². The summed E-state index contributed by atoms with van der Waals surface area (Å²) in [6.07, 6.45) is 6.07. The predicted octanol–water partition coefficient (Wildman–Crippen LogP) is 3.62. The standard InChI is InChI=1S/C17H29N3O/c1-13(2)8-6-4-5-7-11-19-17(21)15-9-10-16(20-18)14(3)12-15/h9-10,12-13,20H,4-8,11,18H2,1-3H3,(H,19,21). The normalized spacial score (nSPS) is 10.7. The molecule has 21 heavy (non-hydrogen) atoms. The van der Waals surface area contributed by atoms with Crippen LogP contribution in [0.1, 0.15) is 61.9 Å². The molecular weight excluding hydrogens is 262 g/mol. The molecule has 0 saturated heterocycles. The minimum atomic E-state index is -0.0103. The van der Waals surface area contributed by atoms with Crippen LogP contribution in [0.25, 0.3) is 0 Å². The number of carbonyl (C=O) groups is 1. The molecule has 0 aliphatic heterocycles. The zero-order valence-electron chi connectivity index (χ0n) is 13.5. The average molecular weight is 291 g/mol. The lowest BCUT2D eigenvalue weighted by molar-refractivity contribution is 0.0953. The third-order valence-electron chi connectivity index (χ3n) is 3.64. The van der Waals surface area contributed by atoms with Gasteiger partial charge in [0, 0.05) is 12.1 Å². The van der Waals surface area contributed by atoms with Gasteiger partial charge in [-0.25, -0.2) is 0 Å². The van der Waals surface area contributed by atoms with E-state index in [1.165, 1.54) is 25.7 Å². The Morgan fingerprint density at radius 1 is 1.19 bits per heavy atom. The minimum absolute atomic E-state index is 0.0103. The second-order valence-corrected chi connectivity index (χ2v) is 6.03. The average Bonchev–Trinajstić information content (AvgIpc) is 2.45. The van der Waals surface area contributed by atoms with Crippen molar-refractivity contribution in [1.29, 1.82) is 0 Å². The van der Waals surface area contributed by atoms with E-state index in [-0.39, 0.29) is 5.91 Å². The van der Waals surface area contributed by atoms with Crippen molar-refractivity contribution in [3.8, 4) is 0 Å². The quantitative estimate of drug-likeness (QED) is 0.370. The van der Waals surface area contributed by atoms with E-state index in [0.29, 0.717) is 5.56 Å². The SMILES string of the molecule is Cc1cc(C(=O)NCCCCCCC(C)C)ccc1NN. The van der Waals surface area contributed by atoms with Crippen LogP contribution in [-0.2, 0) is 0 Å². The molecule has 0 aliphatic rings. The Bertz CT molecular complexity index is 444. The van der Waals surface area contributed by atoms with Gasteiger partial charge in [0.2, 0.25) is 0 Å². The maximum Gasteiger partial charge on any atom is 0.251 e. The van der Waals surface area contributed by atoms with Crippen molar-refractivity contribution in [2.45, 2.75) is 52.9 Å². The van der Waals surface area contributed by atoms with Crippen LogP contribution < -0.4 is 16.6 Å². The maximum absolute atomic E-state index is 12.0. The van der Waals surface area contributed by atoms with Crippen LogP contribution >= 0.6 is 0 Å². The number of carbonyl (C=O) groups excluding carboxylic acids is 1. The third-order valence-corrected chi connectivity index (χ3v) is 3.64. The number of nitrogens with two attached hydrogens (primary N) is 1.